The molecule has 27 heavy (non-hydrogen) atoms. The number of aryl methyl sites for hydroxylation is 1. The Bertz CT molecular complexity index is 853. The minimum absolute atomic E-state index is 0.416. The molecule has 2 saturated carbocycles. The maximum Gasteiger partial charge on any atom is 0.123 e. The van der Waals surface area contributed by atoms with Crippen LogP contribution >= 0.6 is 0 Å². The highest BCUT2D eigenvalue weighted by Crippen LogP contribution is 2.61. The Kier molecular flexibility index (Phi) is 4.00. The summed E-state index contributed by atoms with van der Waals surface area (Å²) >= 11 is 0. The van der Waals surface area contributed by atoms with Crippen LogP contribution < -0.4 is 4.74 Å². The van der Waals surface area contributed by atoms with Gasteiger partial charge in [0.2, 0.25) is 0 Å². The highest BCUT2D eigenvalue weighted by atomic mass is 16.5. The van der Waals surface area contributed by atoms with Gasteiger partial charge in [0.15, 0.2) is 0 Å². The number of ether oxygens (including phenoxy) is 1. The number of methoxy groups -OCH3 is 1. The predicted molar refractivity (Wildman–Crippen MR) is 109 cm³/mol. The second kappa shape index (κ2) is 6.29. The zero-order valence-corrected chi connectivity index (χ0v) is 16.5. The SMILES string of the molecule is COc1ccc(-c2cc3c(cc2O)CC[C@@H]2[C@@H]3CC[C@]3(C)CCC[C@@H]23)cc1. The van der Waals surface area contributed by atoms with E-state index in [1.54, 1.807) is 7.11 Å². The van der Waals surface area contributed by atoms with Crippen molar-refractivity contribution in [2.24, 2.45) is 17.3 Å². The van der Waals surface area contributed by atoms with E-state index >= 15 is 0 Å². The van der Waals surface area contributed by atoms with E-state index < -0.39 is 0 Å². The number of phenolic OH excluding ortho intramolecular Hbond substituents is 1. The molecule has 0 unspecified atom stereocenters. The number of benzene rings is 2. The van der Waals surface area contributed by atoms with Crippen molar-refractivity contribution in [2.45, 2.75) is 57.8 Å². The molecule has 3 aliphatic rings. The van der Waals surface area contributed by atoms with Gasteiger partial charge in [-0.25, -0.2) is 0 Å². The lowest BCUT2D eigenvalue weighted by Gasteiger charge is -2.49. The fourth-order valence-electron chi connectivity index (χ4n) is 6.60. The van der Waals surface area contributed by atoms with Crippen molar-refractivity contribution in [1.29, 1.82) is 0 Å². The molecular weight excluding hydrogens is 332 g/mol. The van der Waals surface area contributed by atoms with Crippen LogP contribution in [-0.2, 0) is 6.42 Å². The van der Waals surface area contributed by atoms with Crippen molar-refractivity contribution in [2.75, 3.05) is 7.11 Å². The molecule has 2 aromatic carbocycles. The van der Waals surface area contributed by atoms with Crippen LogP contribution in [0.3, 0.4) is 0 Å². The first-order valence-corrected chi connectivity index (χ1v) is 10.6. The molecule has 2 heteroatoms. The van der Waals surface area contributed by atoms with Crippen LogP contribution in [0.25, 0.3) is 11.1 Å². The molecule has 0 heterocycles. The van der Waals surface area contributed by atoms with Crippen LogP contribution in [-0.4, -0.2) is 12.2 Å². The third-order valence-corrected chi connectivity index (χ3v) is 8.02. The zero-order valence-electron chi connectivity index (χ0n) is 16.5. The molecule has 1 N–H and O–H groups in total. The number of phenols is 1. The Morgan fingerprint density at radius 2 is 1.85 bits per heavy atom. The van der Waals surface area contributed by atoms with Crippen LogP contribution in [0, 0.1) is 17.3 Å². The van der Waals surface area contributed by atoms with Gasteiger partial charge in [-0.05, 0) is 103 Å². The monoisotopic (exact) mass is 362 g/mol. The maximum atomic E-state index is 10.7. The van der Waals surface area contributed by atoms with E-state index in [9.17, 15) is 5.11 Å². The van der Waals surface area contributed by atoms with Gasteiger partial charge < -0.3 is 9.84 Å². The second-order valence-electron chi connectivity index (χ2n) is 9.30. The van der Waals surface area contributed by atoms with E-state index in [0.29, 0.717) is 17.1 Å². The summed E-state index contributed by atoms with van der Waals surface area (Å²) in [5.41, 5.74) is 5.53. The molecule has 0 bridgehead atoms. The zero-order chi connectivity index (χ0) is 18.6. The number of fused-ring (bicyclic) bond motifs is 5. The number of aromatic hydroxyl groups is 1. The Morgan fingerprint density at radius 1 is 1.04 bits per heavy atom. The molecule has 2 fully saturated rings. The summed E-state index contributed by atoms with van der Waals surface area (Å²) < 4.78 is 5.28. The van der Waals surface area contributed by atoms with Gasteiger partial charge in [0.1, 0.15) is 11.5 Å². The molecule has 0 amide bonds. The Morgan fingerprint density at radius 3 is 2.63 bits per heavy atom. The molecule has 0 saturated heterocycles. The lowest BCUT2D eigenvalue weighted by molar-refractivity contribution is 0.0598. The van der Waals surface area contributed by atoms with Crippen LogP contribution in [0.15, 0.2) is 36.4 Å². The predicted octanol–water partition coefficient (Wildman–Crippen LogP) is 6.31. The lowest BCUT2D eigenvalue weighted by Crippen LogP contribution is -2.39. The van der Waals surface area contributed by atoms with Gasteiger partial charge in [-0.15, -0.1) is 0 Å². The van der Waals surface area contributed by atoms with Gasteiger partial charge in [-0.1, -0.05) is 25.5 Å². The Hall–Kier alpha value is -1.96. The van der Waals surface area contributed by atoms with Crippen molar-refractivity contribution >= 4 is 0 Å². The Balaban J connectivity index is 1.54. The topological polar surface area (TPSA) is 29.5 Å². The second-order valence-corrected chi connectivity index (χ2v) is 9.30. The lowest BCUT2D eigenvalue weighted by atomic mass is 9.56. The first kappa shape index (κ1) is 17.2. The summed E-state index contributed by atoms with van der Waals surface area (Å²) in [4.78, 5) is 0. The van der Waals surface area contributed by atoms with E-state index in [2.05, 4.69) is 25.1 Å². The molecule has 0 radical (unpaired) electrons. The van der Waals surface area contributed by atoms with Crippen molar-refractivity contribution in [3.63, 3.8) is 0 Å². The molecule has 0 aromatic heterocycles. The third-order valence-electron chi connectivity index (χ3n) is 8.02. The summed E-state index contributed by atoms with van der Waals surface area (Å²) in [6.07, 6.45) is 9.40. The van der Waals surface area contributed by atoms with E-state index in [1.165, 1.54) is 49.7 Å². The average molecular weight is 363 g/mol. The van der Waals surface area contributed by atoms with Gasteiger partial charge in [-0.2, -0.15) is 0 Å². The Labute approximate surface area is 162 Å². The van der Waals surface area contributed by atoms with Gasteiger partial charge in [0.05, 0.1) is 7.11 Å². The number of hydrogen-bond donors (Lipinski definition) is 1. The van der Waals surface area contributed by atoms with Crippen LogP contribution in [0.1, 0.15) is 62.5 Å². The van der Waals surface area contributed by atoms with Crippen LogP contribution in [0.4, 0.5) is 0 Å². The van der Waals surface area contributed by atoms with Crippen molar-refractivity contribution in [3.05, 3.63) is 47.5 Å². The minimum Gasteiger partial charge on any atom is -0.507 e. The molecular formula is C25H30O2. The van der Waals surface area contributed by atoms with Gasteiger partial charge in [0, 0.05) is 5.56 Å². The van der Waals surface area contributed by atoms with Crippen LogP contribution in [0.5, 0.6) is 11.5 Å². The molecule has 142 valence electrons. The third kappa shape index (κ3) is 2.68. The fourth-order valence-corrected chi connectivity index (χ4v) is 6.60. The molecule has 2 aromatic rings. The minimum atomic E-state index is 0.416. The molecule has 4 atom stereocenters. The highest BCUT2D eigenvalue weighted by Gasteiger charge is 2.50. The first-order valence-electron chi connectivity index (χ1n) is 10.6. The molecule has 3 aliphatic carbocycles. The van der Waals surface area contributed by atoms with E-state index in [0.717, 1.165) is 35.1 Å². The standard InChI is InChI=1S/C25H30O2/c1-25-12-3-4-23(25)20-10-7-17-14-24(26)22(15-21(17)19(20)11-13-25)16-5-8-18(27-2)9-6-16/h5-6,8-9,14-15,19-20,23,26H,3-4,7,10-13H2,1-2H3/t19-,20+,23-,25-/m0/s1. The summed E-state index contributed by atoms with van der Waals surface area (Å²) in [5, 5.41) is 10.7. The van der Waals surface area contributed by atoms with E-state index in [1.807, 2.05) is 18.2 Å². The first-order chi connectivity index (χ1) is 13.1. The number of rotatable bonds is 2. The molecule has 2 nitrogen and oxygen atoms in total. The van der Waals surface area contributed by atoms with E-state index in [-0.39, 0.29) is 0 Å². The van der Waals surface area contributed by atoms with Crippen molar-refractivity contribution in [1.82, 2.24) is 0 Å². The highest BCUT2D eigenvalue weighted by molar-refractivity contribution is 5.72. The van der Waals surface area contributed by atoms with Gasteiger partial charge >= 0.3 is 0 Å². The smallest absolute Gasteiger partial charge is 0.123 e. The quantitative estimate of drug-likeness (QED) is 0.678. The summed E-state index contributed by atoms with van der Waals surface area (Å²) in [6, 6.07) is 12.4. The fraction of sp³-hybridized carbons (Fsp3) is 0.520. The summed E-state index contributed by atoms with van der Waals surface area (Å²) in [5.74, 6) is 3.69. The maximum absolute atomic E-state index is 10.7. The average Bonchev–Trinajstić information content (AvgIpc) is 3.09. The van der Waals surface area contributed by atoms with Crippen LogP contribution in [0.2, 0.25) is 0 Å². The summed E-state index contributed by atoms with van der Waals surface area (Å²) in [7, 11) is 1.69. The molecule has 0 aliphatic heterocycles. The molecule has 5 rings (SSSR count). The van der Waals surface area contributed by atoms with Gasteiger partial charge in [-0.3, -0.25) is 0 Å². The van der Waals surface area contributed by atoms with Gasteiger partial charge in [0.25, 0.3) is 0 Å². The van der Waals surface area contributed by atoms with E-state index in [4.69, 9.17) is 4.74 Å². The number of hydrogen-bond acceptors (Lipinski definition) is 2. The summed E-state index contributed by atoms with van der Waals surface area (Å²) in [6.45, 7) is 2.55. The normalized spacial score (nSPS) is 31.7. The van der Waals surface area contributed by atoms with Crippen molar-refractivity contribution < 1.29 is 9.84 Å². The molecule has 0 spiro atoms. The largest absolute Gasteiger partial charge is 0.507 e. The van der Waals surface area contributed by atoms with Crippen molar-refractivity contribution in [3.8, 4) is 22.6 Å².